The van der Waals surface area contributed by atoms with Crippen LogP contribution in [0.15, 0.2) is 42.5 Å². The quantitative estimate of drug-likeness (QED) is 0.937. The monoisotopic (exact) mass is 292 g/mol. The summed E-state index contributed by atoms with van der Waals surface area (Å²) in [6, 6.07) is 11.8. The van der Waals surface area contributed by atoms with Crippen molar-refractivity contribution in [3.8, 4) is 5.75 Å². The second-order valence-corrected chi connectivity index (χ2v) is 5.37. The second kappa shape index (κ2) is 5.43. The average molecular weight is 293 g/mol. The van der Waals surface area contributed by atoms with E-state index in [1.54, 1.807) is 0 Å². The van der Waals surface area contributed by atoms with Gasteiger partial charge in [-0.25, -0.2) is 4.39 Å². The van der Waals surface area contributed by atoms with Crippen molar-refractivity contribution in [1.29, 1.82) is 0 Å². The lowest BCUT2D eigenvalue weighted by Crippen LogP contribution is -2.22. The topological polar surface area (TPSA) is 29.5 Å². The zero-order chi connectivity index (χ0) is 14.1. The van der Waals surface area contributed by atoms with E-state index in [9.17, 15) is 9.50 Å². The van der Waals surface area contributed by atoms with Crippen LogP contribution in [0.25, 0.3) is 0 Å². The number of ether oxygens (including phenoxy) is 1. The van der Waals surface area contributed by atoms with Crippen LogP contribution in [-0.2, 0) is 6.42 Å². The maximum atomic E-state index is 13.2. The van der Waals surface area contributed by atoms with Crippen molar-refractivity contribution in [1.82, 2.24) is 0 Å². The van der Waals surface area contributed by atoms with Gasteiger partial charge in [-0.1, -0.05) is 29.8 Å². The van der Waals surface area contributed by atoms with Crippen molar-refractivity contribution in [2.75, 3.05) is 6.61 Å². The Morgan fingerprint density at radius 2 is 2.10 bits per heavy atom. The van der Waals surface area contributed by atoms with Gasteiger partial charge in [0.25, 0.3) is 0 Å². The molecule has 4 heteroatoms. The second-order valence-electron chi connectivity index (χ2n) is 4.96. The van der Waals surface area contributed by atoms with Crippen LogP contribution < -0.4 is 4.74 Å². The smallest absolute Gasteiger partial charge is 0.123 e. The molecule has 0 spiro atoms. The summed E-state index contributed by atoms with van der Waals surface area (Å²) in [5.41, 5.74) is 1.61. The molecule has 2 nitrogen and oxygen atoms in total. The highest BCUT2D eigenvalue weighted by Crippen LogP contribution is 2.36. The lowest BCUT2D eigenvalue weighted by molar-refractivity contribution is 0.129. The average Bonchev–Trinajstić information content (AvgIpc) is 2.87. The first-order chi connectivity index (χ1) is 9.65. The van der Waals surface area contributed by atoms with E-state index in [2.05, 4.69) is 0 Å². The zero-order valence-corrected chi connectivity index (χ0v) is 11.5. The minimum atomic E-state index is -0.655. The Bertz CT molecular complexity index is 630. The van der Waals surface area contributed by atoms with Crippen LogP contribution in [-0.4, -0.2) is 17.8 Å². The Labute approximate surface area is 121 Å². The Kier molecular flexibility index (Phi) is 3.64. The largest absolute Gasteiger partial charge is 0.493 e. The molecule has 0 saturated carbocycles. The molecule has 2 unspecified atom stereocenters. The van der Waals surface area contributed by atoms with Gasteiger partial charge in [-0.3, -0.25) is 0 Å². The van der Waals surface area contributed by atoms with Gasteiger partial charge in [-0.2, -0.15) is 0 Å². The van der Waals surface area contributed by atoms with E-state index in [1.807, 2.05) is 24.3 Å². The van der Waals surface area contributed by atoms with E-state index in [-0.39, 0.29) is 11.7 Å². The summed E-state index contributed by atoms with van der Waals surface area (Å²) in [5, 5.41) is 10.9. The molecule has 2 aromatic carbocycles. The third kappa shape index (κ3) is 2.51. The highest BCUT2D eigenvalue weighted by Gasteiger charge is 2.30. The van der Waals surface area contributed by atoms with E-state index in [0.29, 0.717) is 23.6 Å². The van der Waals surface area contributed by atoms with Crippen LogP contribution in [0.1, 0.15) is 17.0 Å². The van der Waals surface area contributed by atoms with E-state index in [0.717, 1.165) is 11.3 Å². The van der Waals surface area contributed by atoms with Gasteiger partial charge < -0.3 is 9.84 Å². The van der Waals surface area contributed by atoms with Gasteiger partial charge in [-0.15, -0.1) is 0 Å². The van der Waals surface area contributed by atoms with E-state index >= 15 is 0 Å². The molecule has 0 amide bonds. The molecule has 3 rings (SSSR count). The zero-order valence-electron chi connectivity index (χ0n) is 10.7. The standard InChI is InChI=1S/C16H14ClFO2/c17-14-6-5-11(18)7-10(14)8-15(19)13-9-20-16-4-2-1-3-12(13)16/h1-7,13,15,19H,8-9H2. The van der Waals surface area contributed by atoms with Crippen LogP contribution in [0.3, 0.4) is 0 Å². The number of rotatable bonds is 3. The van der Waals surface area contributed by atoms with E-state index < -0.39 is 6.10 Å². The fraction of sp³-hybridized carbons (Fsp3) is 0.250. The van der Waals surface area contributed by atoms with Gasteiger partial charge in [0.05, 0.1) is 12.7 Å². The molecule has 1 aliphatic rings. The lowest BCUT2D eigenvalue weighted by atomic mass is 9.91. The van der Waals surface area contributed by atoms with Gasteiger partial charge >= 0.3 is 0 Å². The summed E-state index contributed by atoms with van der Waals surface area (Å²) < 4.78 is 18.8. The van der Waals surface area contributed by atoms with Crippen molar-refractivity contribution >= 4 is 11.6 Å². The summed E-state index contributed by atoms with van der Waals surface area (Å²) in [5.74, 6) is 0.354. The number of hydrogen-bond acceptors (Lipinski definition) is 2. The normalized spacial score (nSPS) is 18.4. The number of aliphatic hydroxyl groups excluding tert-OH is 1. The number of para-hydroxylation sites is 1. The Morgan fingerprint density at radius 1 is 1.30 bits per heavy atom. The fourth-order valence-electron chi connectivity index (χ4n) is 2.57. The molecule has 0 fully saturated rings. The van der Waals surface area contributed by atoms with Crippen LogP contribution in [0.5, 0.6) is 5.75 Å². The van der Waals surface area contributed by atoms with Gasteiger partial charge in [0.1, 0.15) is 11.6 Å². The van der Waals surface area contributed by atoms with E-state index in [1.165, 1.54) is 18.2 Å². The third-order valence-electron chi connectivity index (χ3n) is 3.64. The van der Waals surface area contributed by atoms with Gasteiger partial charge in [-0.05, 0) is 29.8 Å². The van der Waals surface area contributed by atoms with Crippen molar-refractivity contribution in [3.63, 3.8) is 0 Å². The maximum absolute atomic E-state index is 13.2. The molecular formula is C16H14ClFO2. The minimum absolute atomic E-state index is 0.106. The number of hydrogen-bond donors (Lipinski definition) is 1. The molecular weight excluding hydrogens is 279 g/mol. The predicted octanol–water partition coefficient (Wildman–Crippen LogP) is 3.56. The number of fused-ring (bicyclic) bond motifs is 1. The van der Waals surface area contributed by atoms with Crippen molar-refractivity contribution < 1.29 is 14.2 Å². The summed E-state index contributed by atoms with van der Waals surface area (Å²) in [6.07, 6.45) is -0.350. The van der Waals surface area contributed by atoms with Crippen LogP contribution in [0.2, 0.25) is 5.02 Å². The molecule has 0 aliphatic carbocycles. The molecule has 1 aliphatic heterocycles. The summed E-state index contributed by atoms with van der Waals surface area (Å²) in [4.78, 5) is 0. The minimum Gasteiger partial charge on any atom is -0.493 e. The van der Waals surface area contributed by atoms with Crippen molar-refractivity contribution in [2.45, 2.75) is 18.4 Å². The third-order valence-corrected chi connectivity index (χ3v) is 4.01. The molecule has 2 aromatic rings. The molecule has 0 aromatic heterocycles. The SMILES string of the molecule is OC(Cc1cc(F)ccc1Cl)C1COc2ccccc21. The van der Waals surface area contributed by atoms with E-state index in [4.69, 9.17) is 16.3 Å². The molecule has 1 N–H and O–H groups in total. The summed E-state index contributed by atoms with van der Waals surface area (Å²) >= 11 is 6.04. The molecule has 0 radical (unpaired) electrons. The van der Waals surface area contributed by atoms with Gasteiger partial charge in [0.2, 0.25) is 0 Å². The van der Waals surface area contributed by atoms with Crippen LogP contribution in [0, 0.1) is 5.82 Å². The molecule has 20 heavy (non-hydrogen) atoms. The predicted molar refractivity (Wildman–Crippen MR) is 75.8 cm³/mol. The molecule has 104 valence electrons. The fourth-order valence-corrected chi connectivity index (χ4v) is 2.77. The number of benzene rings is 2. The Balaban J connectivity index is 1.81. The number of halogens is 2. The van der Waals surface area contributed by atoms with Crippen molar-refractivity contribution in [2.24, 2.45) is 0 Å². The number of aliphatic hydroxyl groups is 1. The Hall–Kier alpha value is -1.58. The first-order valence-corrected chi connectivity index (χ1v) is 6.86. The summed E-state index contributed by atoms with van der Waals surface area (Å²) in [6.45, 7) is 0.438. The molecule has 0 saturated heterocycles. The van der Waals surface area contributed by atoms with Gasteiger partial charge in [0.15, 0.2) is 0 Å². The molecule has 1 heterocycles. The van der Waals surface area contributed by atoms with Crippen LogP contribution in [0.4, 0.5) is 4.39 Å². The first kappa shape index (κ1) is 13.4. The summed E-state index contributed by atoms with van der Waals surface area (Å²) in [7, 11) is 0. The van der Waals surface area contributed by atoms with Crippen LogP contribution >= 0.6 is 11.6 Å². The molecule has 0 bridgehead atoms. The lowest BCUT2D eigenvalue weighted by Gasteiger charge is -2.18. The Morgan fingerprint density at radius 3 is 2.95 bits per heavy atom. The highest BCUT2D eigenvalue weighted by molar-refractivity contribution is 6.31. The highest BCUT2D eigenvalue weighted by atomic mass is 35.5. The molecule has 2 atom stereocenters. The van der Waals surface area contributed by atoms with Crippen molar-refractivity contribution in [3.05, 3.63) is 64.4 Å². The maximum Gasteiger partial charge on any atom is 0.123 e. The van der Waals surface area contributed by atoms with Gasteiger partial charge in [0, 0.05) is 22.9 Å². The first-order valence-electron chi connectivity index (χ1n) is 6.49.